The number of esters is 2. The van der Waals surface area contributed by atoms with Crippen molar-refractivity contribution in [3.8, 4) is 0 Å². The van der Waals surface area contributed by atoms with E-state index >= 15 is 0 Å². The molecular weight excluding hydrogens is 751 g/mol. The van der Waals surface area contributed by atoms with Crippen LogP contribution in [-0.2, 0) is 28.6 Å². The Morgan fingerprint density at radius 3 is 1.52 bits per heavy atom. The molecule has 2 atom stereocenters. The van der Waals surface area contributed by atoms with E-state index in [2.05, 4.69) is 62.5 Å². The van der Waals surface area contributed by atoms with Crippen LogP contribution in [0.1, 0.15) is 174 Å². The minimum Gasteiger partial charge on any atom is -0.477 e. The van der Waals surface area contributed by atoms with Crippen LogP contribution in [0, 0.1) is 0 Å². The van der Waals surface area contributed by atoms with Gasteiger partial charge in [-0.15, -0.1) is 0 Å². The van der Waals surface area contributed by atoms with Gasteiger partial charge in [0.05, 0.1) is 34.4 Å². The van der Waals surface area contributed by atoms with Crippen molar-refractivity contribution in [1.82, 2.24) is 0 Å². The molecule has 0 rings (SSSR count). The van der Waals surface area contributed by atoms with Gasteiger partial charge in [0.2, 0.25) is 0 Å². The number of ether oxygens (including phenoxy) is 3. The van der Waals surface area contributed by atoms with Crippen molar-refractivity contribution >= 4 is 17.9 Å². The second-order valence-electron chi connectivity index (χ2n) is 16.7. The molecule has 0 aromatic rings. The van der Waals surface area contributed by atoms with Crippen LogP contribution in [0.5, 0.6) is 0 Å². The number of hydrogen-bond acceptors (Lipinski definition) is 6. The maximum absolute atomic E-state index is 12.7. The number of carbonyl (C=O) groups excluding carboxylic acids is 2. The average molecular weight is 839 g/mol. The first-order valence-electron chi connectivity index (χ1n) is 23.7. The highest BCUT2D eigenvalue weighted by atomic mass is 16.6. The van der Waals surface area contributed by atoms with Crippen LogP contribution in [0.4, 0.5) is 0 Å². The highest BCUT2D eigenvalue weighted by Gasteiger charge is 2.31. The fourth-order valence-electron chi connectivity index (χ4n) is 6.53. The van der Waals surface area contributed by atoms with Gasteiger partial charge in [-0.3, -0.25) is 9.59 Å². The second-order valence-corrected chi connectivity index (χ2v) is 16.7. The van der Waals surface area contributed by atoms with Crippen LogP contribution in [0.2, 0.25) is 0 Å². The maximum Gasteiger partial charge on any atom is 0.362 e. The SMILES string of the molecule is CC/C=C/C=C/C=C/C=C/CCCCCC(=O)OC(COCCC(C(=O)O)[N+](C)(C)C)COC(=O)CCCCCCCCCCCCCCC/C=C/C/C=C/C/C=C/CC. The number of aliphatic carboxylic acids is 1. The van der Waals surface area contributed by atoms with E-state index in [-0.39, 0.29) is 42.7 Å². The summed E-state index contributed by atoms with van der Waals surface area (Å²) >= 11 is 0. The zero-order valence-electron chi connectivity index (χ0n) is 38.9. The number of nitrogens with zero attached hydrogens (tertiary/aromatic N) is 1. The van der Waals surface area contributed by atoms with Crippen molar-refractivity contribution in [1.29, 1.82) is 0 Å². The lowest BCUT2D eigenvalue weighted by Crippen LogP contribution is -2.50. The molecule has 0 saturated carbocycles. The highest BCUT2D eigenvalue weighted by Crippen LogP contribution is 2.15. The first-order chi connectivity index (χ1) is 29.1. The zero-order chi connectivity index (χ0) is 44.2. The summed E-state index contributed by atoms with van der Waals surface area (Å²) in [5, 5.41) is 9.63. The lowest BCUT2D eigenvalue weighted by atomic mass is 10.0. The van der Waals surface area contributed by atoms with Gasteiger partial charge in [-0.25, -0.2) is 4.79 Å². The number of hydrogen-bond donors (Lipinski definition) is 1. The van der Waals surface area contributed by atoms with E-state index < -0.39 is 18.1 Å². The Morgan fingerprint density at radius 1 is 0.517 bits per heavy atom. The van der Waals surface area contributed by atoms with Gasteiger partial charge in [0.1, 0.15) is 6.61 Å². The fraction of sp³-hybridized carbons (Fsp3) is 0.673. The summed E-state index contributed by atoms with van der Waals surface area (Å²) in [5.74, 6) is -1.53. The van der Waals surface area contributed by atoms with E-state index in [1.54, 1.807) is 0 Å². The zero-order valence-corrected chi connectivity index (χ0v) is 38.9. The van der Waals surface area contributed by atoms with Crippen molar-refractivity contribution in [2.45, 2.75) is 187 Å². The van der Waals surface area contributed by atoms with E-state index in [4.69, 9.17) is 14.2 Å². The van der Waals surface area contributed by atoms with Crippen LogP contribution in [-0.4, -0.2) is 80.6 Å². The highest BCUT2D eigenvalue weighted by molar-refractivity contribution is 5.72. The topological polar surface area (TPSA) is 99.1 Å². The number of allylic oxidation sites excluding steroid dienone is 14. The van der Waals surface area contributed by atoms with E-state index in [9.17, 15) is 19.5 Å². The summed E-state index contributed by atoms with van der Waals surface area (Å²) < 4.78 is 17.3. The van der Waals surface area contributed by atoms with Crippen molar-refractivity contribution < 1.29 is 38.2 Å². The molecule has 0 aliphatic rings. The summed E-state index contributed by atoms with van der Waals surface area (Å²) in [6, 6.07) is -0.626. The predicted octanol–water partition coefficient (Wildman–Crippen LogP) is 13.3. The van der Waals surface area contributed by atoms with E-state index in [0.29, 0.717) is 19.3 Å². The van der Waals surface area contributed by atoms with E-state index in [1.807, 2.05) is 57.6 Å². The summed E-state index contributed by atoms with van der Waals surface area (Å²) in [5.41, 5.74) is 0. The van der Waals surface area contributed by atoms with Crippen LogP contribution >= 0.6 is 0 Å². The Bertz CT molecular complexity index is 1250. The third-order valence-electron chi connectivity index (χ3n) is 10.1. The van der Waals surface area contributed by atoms with Gasteiger partial charge in [0, 0.05) is 19.3 Å². The number of quaternary nitrogens is 1. The van der Waals surface area contributed by atoms with Gasteiger partial charge in [-0.1, -0.05) is 176 Å². The molecule has 0 spiro atoms. The molecule has 0 saturated heterocycles. The molecule has 60 heavy (non-hydrogen) atoms. The van der Waals surface area contributed by atoms with Crippen molar-refractivity contribution in [3.63, 3.8) is 0 Å². The van der Waals surface area contributed by atoms with Gasteiger partial charge in [0.15, 0.2) is 12.1 Å². The molecular formula is C52H88NO7+. The summed E-state index contributed by atoms with van der Waals surface area (Å²) in [4.78, 5) is 37.0. The van der Waals surface area contributed by atoms with Gasteiger partial charge in [0.25, 0.3) is 0 Å². The summed E-state index contributed by atoms with van der Waals surface area (Å²) in [6.07, 6.45) is 55.0. The molecule has 0 aliphatic carbocycles. The standard InChI is InChI=1S/C52H87NO7/c1-6-8-10-12-14-16-18-20-21-22-23-24-25-26-27-28-29-31-32-34-36-38-40-42-50(54)59-47-48(46-58-45-44-49(52(56)57)53(3,4)5)60-51(55)43-41-39-37-35-33-30-19-17-15-13-11-9-7-2/h8-11,13-17,19-21,30,33,48-49H,6-7,12,18,22-29,31-32,34-47H2,1-5H3/p+1/b10-8+,11-9+,15-13+,16-14+,19-17+,21-20+,33-30+. The molecule has 342 valence electrons. The predicted molar refractivity (Wildman–Crippen MR) is 252 cm³/mol. The van der Waals surface area contributed by atoms with Crippen LogP contribution in [0.3, 0.4) is 0 Å². The number of carboxylic acids is 1. The van der Waals surface area contributed by atoms with Gasteiger partial charge in [-0.05, 0) is 64.2 Å². The Morgan fingerprint density at radius 2 is 0.967 bits per heavy atom. The molecule has 0 fully saturated rings. The monoisotopic (exact) mass is 839 g/mol. The summed E-state index contributed by atoms with van der Waals surface area (Å²) in [6.45, 7) is 4.43. The number of likely N-dealkylation sites (N-methyl/N-ethyl adjacent to an activating group) is 1. The first-order valence-corrected chi connectivity index (χ1v) is 23.7. The average Bonchev–Trinajstić information content (AvgIpc) is 3.21. The molecule has 0 aromatic heterocycles. The smallest absolute Gasteiger partial charge is 0.362 e. The second kappa shape index (κ2) is 42.2. The van der Waals surface area contributed by atoms with Crippen molar-refractivity contribution in [3.05, 3.63) is 85.1 Å². The molecule has 0 bridgehead atoms. The van der Waals surface area contributed by atoms with Gasteiger partial charge in [-0.2, -0.15) is 0 Å². The lowest BCUT2D eigenvalue weighted by molar-refractivity contribution is -0.887. The van der Waals surface area contributed by atoms with Crippen molar-refractivity contribution in [2.75, 3.05) is 41.0 Å². The van der Waals surface area contributed by atoms with Gasteiger partial charge >= 0.3 is 17.9 Å². The molecule has 0 aromatic carbocycles. The Kier molecular flexibility index (Phi) is 39.8. The minimum absolute atomic E-state index is 0.0408. The van der Waals surface area contributed by atoms with Crippen LogP contribution in [0.25, 0.3) is 0 Å². The molecule has 0 heterocycles. The fourth-order valence-corrected chi connectivity index (χ4v) is 6.53. The lowest BCUT2D eigenvalue weighted by Gasteiger charge is -2.31. The van der Waals surface area contributed by atoms with E-state index in [0.717, 1.165) is 64.2 Å². The number of carboxylic acid groups (broad SMARTS) is 1. The molecule has 2 unspecified atom stereocenters. The maximum atomic E-state index is 12.7. The van der Waals surface area contributed by atoms with Gasteiger partial charge < -0.3 is 23.8 Å². The first kappa shape index (κ1) is 56.5. The summed E-state index contributed by atoms with van der Waals surface area (Å²) in [7, 11) is 5.51. The molecule has 0 radical (unpaired) electrons. The Hall–Kier alpha value is -3.49. The quantitative estimate of drug-likeness (QED) is 0.0215. The number of rotatable bonds is 41. The Labute approximate surface area is 367 Å². The molecule has 0 aliphatic heterocycles. The molecule has 1 N–H and O–H groups in total. The van der Waals surface area contributed by atoms with Crippen LogP contribution < -0.4 is 0 Å². The molecule has 8 nitrogen and oxygen atoms in total. The van der Waals surface area contributed by atoms with Crippen LogP contribution in [0.15, 0.2) is 85.1 Å². The van der Waals surface area contributed by atoms with E-state index in [1.165, 1.54) is 70.6 Å². The Balaban J connectivity index is 4.25. The third-order valence-corrected chi connectivity index (χ3v) is 10.1. The minimum atomic E-state index is -0.885. The number of unbranched alkanes of at least 4 members (excludes halogenated alkanes) is 16. The number of carbonyl (C=O) groups is 3. The normalized spacial score (nSPS) is 13.7. The third kappa shape index (κ3) is 39.9. The largest absolute Gasteiger partial charge is 0.477 e. The molecule has 0 amide bonds. The van der Waals surface area contributed by atoms with Crippen molar-refractivity contribution in [2.24, 2.45) is 0 Å². The molecule has 8 heteroatoms.